The molecule has 0 aliphatic carbocycles. The fraction of sp³-hybridized carbons (Fsp3) is 0.556. The summed E-state index contributed by atoms with van der Waals surface area (Å²) in [4.78, 5) is 9.49. The molecular weight excluding hydrogens is 352 g/mol. The number of thiazole rings is 1. The van der Waals surface area contributed by atoms with Gasteiger partial charge in [0.1, 0.15) is 5.01 Å². The number of para-hydroxylation sites is 1. The lowest BCUT2D eigenvalue weighted by Crippen LogP contribution is -2.52. The highest BCUT2D eigenvalue weighted by Crippen LogP contribution is 2.23. The average molecular weight is 377 g/mol. The molecule has 0 amide bonds. The summed E-state index contributed by atoms with van der Waals surface area (Å²) >= 11 is 7.35. The number of benzene rings is 1. The normalized spacial score (nSPS) is 21.8. The van der Waals surface area contributed by atoms with E-state index >= 15 is 0 Å². The van der Waals surface area contributed by atoms with Crippen LogP contribution in [0.15, 0.2) is 24.3 Å². The Morgan fingerprint density at radius 1 is 1.28 bits per heavy atom. The van der Waals surface area contributed by atoms with Gasteiger partial charge in [-0.2, -0.15) is 0 Å². The summed E-state index contributed by atoms with van der Waals surface area (Å²) < 4.78 is 6.92. The van der Waals surface area contributed by atoms with Gasteiger partial charge in [-0.1, -0.05) is 12.1 Å². The van der Waals surface area contributed by atoms with Gasteiger partial charge in [0, 0.05) is 39.3 Å². The maximum atomic E-state index is 5.64. The molecule has 134 valence electrons. The van der Waals surface area contributed by atoms with E-state index in [-0.39, 0.29) is 0 Å². The van der Waals surface area contributed by atoms with Gasteiger partial charge in [0.25, 0.3) is 0 Å². The summed E-state index contributed by atoms with van der Waals surface area (Å²) in [5, 5.41) is 5.45. The lowest BCUT2D eigenvalue weighted by molar-refractivity contribution is 0.112. The van der Waals surface area contributed by atoms with Gasteiger partial charge in [-0.15, -0.1) is 11.3 Å². The predicted octanol–water partition coefficient (Wildman–Crippen LogP) is 2.47. The van der Waals surface area contributed by atoms with Gasteiger partial charge in [-0.25, -0.2) is 4.98 Å². The van der Waals surface area contributed by atoms with E-state index in [1.165, 1.54) is 16.1 Å². The highest BCUT2D eigenvalue weighted by molar-refractivity contribution is 7.80. The minimum absolute atomic E-state index is 0.332. The minimum atomic E-state index is 0.332. The Hall–Kier alpha value is -1.28. The van der Waals surface area contributed by atoms with Crippen molar-refractivity contribution in [3.63, 3.8) is 0 Å². The van der Waals surface area contributed by atoms with Crippen LogP contribution in [0.1, 0.15) is 17.8 Å². The number of nitrogens with one attached hydrogen (secondary N) is 1. The Morgan fingerprint density at radius 2 is 2.12 bits per heavy atom. The van der Waals surface area contributed by atoms with E-state index in [1.54, 1.807) is 11.3 Å². The summed E-state index contributed by atoms with van der Waals surface area (Å²) in [6.45, 7) is 6.66. The van der Waals surface area contributed by atoms with Crippen LogP contribution in [0.2, 0.25) is 0 Å². The van der Waals surface area contributed by atoms with Crippen molar-refractivity contribution in [3.05, 3.63) is 29.3 Å². The van der Waals surface area contributed by atoms with Crippen LogP contribution in [-0.4, -0.2) is 65.3 Å². The number of fused-ring (bicyclic) bond motifs is 1. The molecule has 4 rings (SSSR count). The van der Waals surface area contributed by atoms with Crippen LogP contribution < -0.4 is 5.32 Å². The molecule has 2 fully saturated rings. The van der Waals surface area contributed by atoms with Crippen molar-refractivity contribution in [2.45, 2.75) is 25.5 Å². The van der Waals surface area contributed by atoms with E-state index in [2.05, 4.69) is 39.4 Å². The van der Waals surface area contributed by atoms with Crippen molar-refractivity contribution in [1.82, 2.24) is 20.1 Å². The number of thiocarbonyl (C=S) groups is 1. The molecule has 2 aromatic rings. The molecule has 25 heavy (non-hydrogen) atoms. The summed E-state index contributed by atoms with van der Waals surface area (Å²) in [5.74, 6) is 0. The SMILES string of the molecule is S=C(NCC1CCCO1)N1CCN(Cc2nc3ccccc3s2)CC1. The van der Waals surface area contributed by atoms with Gasteiger partial charge < -0.3 is 15.0 Å². The van der Waals surface area contributed by atoms with Gasteiger partial charge in [0.15, 0.2) is 5.11 Å². The summed E-state index contributed by atoms with van der Waals surface area (Å²) in [7, 11) is 0. The van der Waals surface area contributed by atoms with Gasteiger partial charge in [0.2, 0.25) is 0 Å². The molecule has 1 aromatic carbocycles. The fourth-order valence-corrected chi connectivity index (χ4v) is 4.68. The Bertz CT molecular complexity index is 688. The molecule has 2 saturated heterocycles. The van der Waals surface area contributed by atoms with E-state index in [4.69, 9.17) is 21.9 Å². The standard InChI is InChI=1S/C18H24N4OS2/c24-18(19-12-14-4-3-11-23-14)22-9-7-21(8-10-22)13-17-20-15-5-1-2-6-16(15)25-17/h1-2,5-6,14H,3-4,7-13H2,(H,19,24). The number of piperazine rings is 1. The number of rotatable bonds is 4. The van der Waals surface area contributed by atoms with E-state index in [0.29, 0.717) is 6.10 Å². The van der Waals surface area contributed by atoms with Crippen LogP contribution in [0, 0.1) is 0 Å². The van der Waals surface area contributed by atoms with E-state index in [9.17, 15) is 0 Å². The molecule has 0 bridgehead atoms. The molecule has 2 aliphatic rings. The largest absolute Gasteiger partial charge is 0.376 e. The second-order valence-corrected chi connectivity index (χ2v) is 8.16. The number of ether oxygens (including phenoxy) is 1. The summed E-state index contributed by atoms with van der Waals surface area (Å²) in [6.07, 6.45) is 2.65. The fourth-order valence-electron chi connectivity index (χ4n) is 3.41. The molecular formula is C18H24N4OS2. The molecule has 1 aromatic heterocycles. The Labute approximate surface area is 158 Å². The second kappa shape index (κ2) is 7.95. The third-order valence-electron chi connectivity index (χ3n) is 4.86. The zero-order chi connectivity index (χ0) is 17.1. The molecule has 3 heterocycles. The number of nitrogens with zero attached hydrogens (tertiary/aromatic N) is 3. The van der Waals surface area contributed by atoms with Gasteiger partial charge in [-0.05, 0) is 37.2 Å². The topological polar surface area (TPSA) is 40.6 Å². The maximum Gasteiger partial charge on any atom is 0.169 e. The van der Waals surface area contributed by atoms with Crippen molar-refractivity contribution in [1.29, 1.82) is 0 Å². The summed E-state index contributed by atoms with van der Waals surface area (Å²) in [6, 6.07) is 8.36. The monoisotopic (exact) mass is 376 g/mol. The highest BCUT2D eigenvalue weighted by Gasteiger charge is 2.21. The third-order valence-corrected chi connectivity index (χ3v) is 6.29. The molecule has 5 nitrogen and oxygen atoms in total. The Balaban J connectivity index is 1.24. The average Bonchev–Trinajstić information content (AvgIpc) is 3.29. The smallest absolute Gasteiger partial charge is 0.169 e. The number of hydrogen-bond acceptors (Lipinski definition) is 5. The number of hydrogen-bond donors (Lipinski definition) is 1. The van der Waals surface area contributed by atoms with Crippen LogP contribution in [0.25, 0.3) is 10.2 Å². The van der Waals surface area contributed by atoms with Crippen LogP contribution >= 0.6 is 23.6 Å². The second-order valence-electron chi connectivity index (χ2n) is 6.66. The van der Waals surface area contributed by atoms with E-state index in [0.717, 1.165) is 62.9 Å². The first-order chi connectivity index (χ1) is 12.3. The van der Waals surface area contributed by atoms with Gasteiger partial charge >= 0.3 is 0 Å². The molecule has 0 saturated carbocycles. The minimum Gasteiger partial charge on any atom is -0.376 e. The zero-order valence-electron chi connectivity index (χ0n) is 14.3. The van der Waals surface area contributed by atoms with E-state index < -0.39 is 0 Å². The highest BCUT2D eigenvalue weighted by atomic mass is 32.1. The molecule has 1 N–H and O–H groups in total. The maximum absolute atomic E-state index is 5.64. The van der Waals surface area contributed by atoms with Crippen LogP contribution in [0.3, 0.4) is 0 Å². The first-order valence-electron chi connectivity index (χ1n) is 8.99. The molecule has 0 radical (unpaired) electrons. The third kappa shape index (κ3) is 4.28. The molecule has 1 atom stereocenters. The number of aromatic nitrogens is 1. The van der Waals surface area contributed by atoms with Crippen LogP contribution in [-0.2, 0) is 11.3 Å². The van der Waals surface area contributed by atoms with E-state index in [1.807, 2.05) is 0 Å². The van der Waals surface area contributed by atoms with Crippen molar-refractivity contribution in [3.8, 4) is 0 Å². The van der Waals surface area contributed by atoms with Crippen LogP contribution in [0.5, 0.6) is 0 Å². The van der Waals surface area contributed by atoms with Crippen molar-refractivity contribution in [2.75, 3.05) is 39.3 Å². The Kier molecular flexibility index (Phi) is 5.45. The summed E-state index contributed by atoms with van der Waals surface area (Å²) in [5.41, 5.74) is 1.11. The van der Waals surface area contributed by atoms with Crippen molar-refractivity contribution < 1.29 is 4.74 Å². The lowest BCUT2D eigenvalue weighted by atomic mass is 10.2. The molecule has 1 unspecified atom stereocenters. The molecule has 7 heteroatoms. The molecule has 2 aliphatic heterocycles. The first-order valence-corrected chi connectivity index (χ1v) is 10.2. The van der Waals surface area contributed by atoms with Crippen LogP contribution in [0.4, 0.5) is 0 Å². The van der Waals surface area contributed by atoms with Gasteiger partial charge in [0.05, 0.1) is 22.9 Å². The van der Waals surface area contributed by atoms with Gasteiger partial charge in [-0.3, -0.25) is 4.90 Å². The Morgan fingerprint density at radius 3 is 2.88 bits per heavy atom. The molecule has 0 spiro atoms. The first kappa shape index (κ1) is 17.1. The lowest BCUT2D eigenvalue weighted by Gasteiger charge is -2.36. The van der Waals surface area contributed by atoms with Crippen molar-refractivity contribution >= 4 is 38.9 Å². The zero-order valence-corrected chi connectivity index (χ0v) is 16.0. The predicted molar refractivity (Wildman–Crippen MR) is 106 cm³/mol. The van der Waals surface area contributed by atoms with Crippen molar-refractivity contribution in [2.24, 2.45) is 0 Å². The quantitative estimate of drug-likeness (QED) is 0.827.